The van der Waals surface area contributed by atoms with Crippen LogP contribution in [0.25, 0.3) is 0 Å². The first-order valence-corrected chi connectivity index (χ1v) is 10.4. The van der Waals surface area contributed by atoms with Crippen LogP contribution in [0.2, 0.25) is 0 Å². The molecule has 5 heteroatoms. The molecule has 0 spiro atoms. The molecule has 0 bridgehead atoms. The van der Waals surface area contributed by atoms with Gasteiger partial charge < -0.3 is 0 Å². The van der Waals surface area contributed by atoms with Gasteiger partial charge in [-0.15, -0.1) is 0 Å². The second-order valence-electron chi connectivity index (χ2n) is 7.38. The van der Waals surface area contributed by atoms with Crippen molar-refractivity contribution in [3.63, 3.8) is 0 Å². The molecule has 0 N–H and O–H groups in total. The van der Waals surface area contributed by atoms with Gasteiger partial charge in [0.05, 0.1) is 12.2 Å². The summed E-state index contributed by atoms with van der Waals surface area (Å²) < 4.78 is 1.76. The Morgan fingerprint density at radius 2 is 2.04 bits per heavy atom. The van der Waals surface area contributed by atoms with Crippen LogP contribution in [0.4, 0.5) is 0 Å². The summed E-state index contributed by atoms with van der Waals surface area (Å²) in [5.41, 5.74) is 2.42. The molecular formula is C18H27N3OS. The minimum absolute atomic E-state index is 0.0963. The average Bonchev–Trinajstić information content (AvgIpc) is 3.21. The number of hydrogen-bond acceptors (Lipinski definition) is 4. The number of aryl methyl sites for hydroxylation is 1. The molecule has 126 valence electrons. The van der Waals surface area contributed by atoms with Crippen molar-refractivity contribution in [2.24, 2.45) is 5.92 Å². The Morgan fingerprint density at radius 3 is 2.91 bits per heavy atom. The summed E-state index contributed by atoms with van der Waals surface area (Å²) in [5, 5.41) is 4.71. The highest BCUT2D eigenvalue weighted by atomic mass is 32.2. The maximum Gasteiger partial charge on any atom is 0.267 e. The predicted molar refractivity (Wildman–Crippen MR) is 94.9 cm³/mol. The van der Waals surface area contributed by atoms with Crippen LogP contribution in [0, 0.1) is 5.92 Å². The molecule has 3 aliphatic rings. The molecule has 1 aromatic rings. The van der Waals surface area contributed by atoms with Crippen LogP contribution in [0.15, 0.2) is 10.9 Å². The van der Waals surface area contributed by atoms with Crippen molar-refractivity contribution in [2.75, 3.05) is 18.8 Å². The van der Waals surface area contributed by atoms with E-state index in [4.69, 9.17) is 5.10 Å². The van der Waals surface area contributed by atoms with Gasteiger partial charge in [-0.3, -0.25) is 9.69 Å². The van der Waals surface area contributed by atoms with Crippen molar-refractivity contribution in [1.29, 1.82) is 0 Å². The average molecular weight is 334 g/mol. The molecule has 3 heterocycles. The molecule has 1 unspecified atom stereocenters. The zero-order valence-electron chi connectivity index (χ0n) is 13.9. The Kier molecular flexibility index (Phi) is 4.76. The fourth-order valence-electron chi connectivity index (χ4n) is 4.45. The third-order valence-corrected chi connectivity index (χ3v) is 6.76. The van der Waals surface area contributed by atoms with Crippen LogP contribution in [0.5, 0.6) is 0 Å². The van der Waals surface area contributed by atoms with Gasteiger partial charge in [-0.2, -0.15) is 16.9 Å². The van der Waals surface area contributed by atoms with E-state index < -0.39 is 0 Å². The van der Waals surface area contributed by atoms with E-state index in [0.29, 0.717) is 6.04 Å². The van der Waals surface area contributed by atoms with Gasteiger partial charge in [0.25, 0.3) is 5.56 Å². The van der Waals surface area contributed by atoms with E-state index in [9.17, 15) is 4.79 Å². The van der Waals surface area contributed by atoms with Crippen molar-refractivity contribution in [3.8, 4) is 0 Å². The first kappa shape index (κ1) is 15.7. The summed E-state index contributed by atoms with van der Waals surface area (Å²) in [6.45, 7) is 3.23. The molecule has 4 nitrogen and oxygen atoms in total. The van der Waals surface area contributed by atoms with E-state index in [0.717, 1.165) is 41.6 Å². The summed E-state index contributed by atoms with van der Waals surface area (Å²) in [7, 11) is 0. The number of likely N-dealkylation sites (tertiary alicyclic amines) is 1. The number of nitrogens with zero attached hydrogens (tertiary/aromatic N) is 3. The van der Waals surface area contributed by atoms with Gasteiger partial charge in [-0.25, -0.2) is 4.68 Å². The summed E-state index contributed by atoms with van der Waals surface area (Å²) in [6, 6.07) is 2.35. The number of hydrogen-bond donors (Lipinski definition) is 0. The molecule has 2 aliphatic heterocycles. The highest BCUT2D eigenvalue weighted by molar-refractivity contribution is 7.98. The Bertz CT molecular complexity index is 609. The van der Waals surface area contributed by atoms with Gasteiger partial charge in [0, 0.05) is 30.8 Å². The summed E-state index contributed by atoms with van der Waals surface area (Å²) >= 11 is 1.91. The largest absolute Gasteiger partial charge is 0.298 e. The maximum absolute atomic E-state index is 12.4. The molecule has 4 rings (SSSR count). The molecule has 23 heavy (non-hydrogen) atoms. The number of rotatable bonds is 4. The first-order chi connectivity index (χ1) is 11.3. The van der Waals surface area contributed by atoms with Crippen molar-refractivity contribution in [3.05, 3.63) is 27.7 Å². The predicted octanol–water partition coefficient (Wildman–Crippen LogP) is 2.69. The van der Waals surface area contributed by atoms with Gasteiger partial charge in [0.15, 0.2) is 0 Å². The molecule has 0 radical (unpaired) electrons. The summed E-state index contributed by atoms with van der Waals surface area (Å²) in [6.07, 6.45) is 9.12. The van der Waals surface area contributed by atoms with Crippen molar-refractivity contribution in [2.45, 2.75) is 63.3 Å². The Morgan fingerprint density at radius 1 is 1.17 bits per heavy atom. The molecule has 0 amide bonds. The van der Waals surface area contributed by atoms with Gasteiger partial charge in [-0.05, 0) is 49.5 Å². The van der Waals surface area contributed by atoms with Gasteiger partial charge in [0.1, 0.15) is 0 Å². The summed E-state index contributed by atoms with van der Waals surface area (Å²) in [4.78, 5) is 15.0. The minimum Gasteiger partial charge on any atom is -0.298 e. The quantitative estimate of drug-likeness (QED) is 0.849. The van der Waals surface area contributed by atoms with Crippen LogP contribution in [-0.2, 0) is 18.7 Å². The lowest BCUT2D eigenvalue weighted by Gasteiger charge is -2.27. The van der Waals surface area contributed by atoms with Gasteiger partial charge >= 0.3 is 0 Å². The fourth-order valence-corrected chi connectivity index (χ4v) is 5.40. The zero-order chi connectivity index (χ0) is 15.6. The lowest BCUT2D eigenvalue weighted by atomic mass is 10.1. The summed E-state index contributed by atoms with van der Waals surface area (Å²) in [5.74, 6) is 2.98. The third kappa shape index (κ3) is 3.50. The standard InChI is InChI=1S/C18H27N3OS/c22-18-10-15-13-23-9-7-17(15)19-21(18)12-16-6-3-8-20(16)11-14-4-1-2-5-14/h10,14,16H,1-9,11-13H2. The molecule has 1 aromatic heterocycles. The van der Waals surface area contributed by atoms with E-state index in [2.05, 4.69) is 4.90 Å². The molecular weight excluding hydrogens is 306 g/mol. The van der Waals surface area contributed by atoms with E-state index in [1.165, 1.54) is 51.6 Å². The molecule has 1 atom stereocenters. The van der Waals surface area contributed by atoms with Crippen molar-refractivity contribution < 1.29 is 0 Å². The Labute approximate surface area is 142 Å². The second kappa shape index (κ2) is 6.98. The molecule has 1 saturated carbocycles. The van der Waals surface area contributed by atoms with Gasteiger partial charge in [-0.1, -0.05) is 12.8 Å². The normalized spacial score (nSPS) is 25.8. The number of thioether (sulfide) groups is 1. The topological polar surface area (TPSA) is 38.1 Å². The Hall–Kier alpha value is -0.810. The van der Waals surface area contributed by atoms with E-state index in [-0.39, 0.29) is 5.56 Å². The van der Waals surface area contributed by atoms with Gasteiger partial charge in [0.2, 0.25) is 0 Å². The maximum atomic E-state index is 12.4. The van der Waals surface area contributed by atoms with Crippen LogP contribution in [0.3, 0.4) is 0 Å². The highest BCUT2D eigenvalue weighted by Crippen LogP contribution is 2.29. The third-order valence-electron chi connectivity index (χ3n) is 5.76. The Balaban J connectivity index is 1.47. The lowest BCUT2D eigenvalue weighted by molar-refractivity contribution is 0.193. The molecule has 1 saturated heterocycles. The SMILES string of the molecule is O=c1cc2c(nn1CC1CCCN1CC1CCCC1)CCSC2. The highest BCUT2D eigenvalue weighted by Gasteiger charge is 2.29. The molecule has 2 fully saturated rings. The number of fused-ring (bicyclic) bond motifs is 1. The van der Waals surface area contributed by atoms with Crippen LogP contribution >= 0.6 is 11.8 Å². The second-order valence-corrected chi connectivity index (χ2v) is 8.49. The zero-order valence-corrected chi connectivity index (χ0v) is 14.7. The first-order valence-electron chi connectivity index (χ1n) is 9.21. The van der Waals surface area contributed by atoms with Crippen LogP contribution < -0.4 is 5.56 Å². The van der Waals surface area contributed by atoms with Crippen LogP contribution in [0.1, 0.15) is 49.8 Å². The number of aromatic nitrogens is 2. The molecule has 0 aromatic carbocycles. The van der Waals surface area contributed by atoms with Crippen LogP contribution in [-0.4, -0.2) is 39.6 Å². The minimum atomic E-state index is 0.0963. The molecule has 1 aliphatic carbocycles. The smallest absolute Gasteiger partial charge is 0.267 e. The monoisotopic (exact) mass is 333 g/mol. The van der Waals surface area contributed by atoms with Crippen molar-refractivity contribution in [1.82, 2.24) is 14.7 Å². The van der Waals surface area contributed by atoms with E-state index in [1.54, 1.807) is 4.68 Å². The lowest BCUT2D eigenvalue weighted by Crippen LogP contribution is -2.39. The van der Waals surface area contributed by atoms with E-state index in [1.807, 2.05) is 17.8 Å². The fraction of sp³-hybridized carbons (Fsp3) is 0.778. The van der Waals surface area contributed by atoms with E-state index >= 15 is 0 Å². The van der Waals surface area contributed by atoms with Crippen molar-refractivity contribution >= 4 is 11.8 Å².